The Hall–Kier alpha value is -2.81. The normalized spacial score (nSPS) is 11.8. The first-order valence-corrected chi connectivity index (χ1v) is 10.4. The smallest absolute Gasteiger partial charge is 0.231 e. The van der Waals surface area contributed by atoms with Crippen molar-refractivity contribution in [2.24, 2.45) is 0 Å². The van der Waals surface area contributed by atoms with Crippen molar-refractivity contribution < 1.29 is 13.2 Å². The van der Waals surface area contributed by atoms with E-state index in [1.807, 2.05) is 27.0 Å². The topological polar surface area (TPSA) is 109 Å². The number of hydrogen-bond donors (Lipinski definition) is 3. The molecule has 0 aliphatic heterocycles. The highest BCUT2D eigenvalue weighted by atomic mass is 32.2. The van der Waals surface area contributed by atoms with Crippen LogP contribution < -0.4 is 15.4 Å². The van der Waals surface area contributed by atoms with Gasteiger partial charge in [-0.3, -0.25) is 0 Å². The number of methoxy groups -OCH3 is 1. The summed E-state index contributed by atoms with van der Waals surface area (Å²) >= 11 is 0. The van der Waals surface area contributed by atoms with Crippen LogP contribution in [0.1, 0.15) is 19.4 Å². The maximum absolute atomic E-state index is 11.8. The number of anilines is 3. The van der Waals surface area contributed by atoms with Crippen LogP contribution in [-0.2, 0) is 9.84 Å². The third-order valence-electron chi connectivity index (χ3n) is 4.00. The van der Waals surface area contributed by atoms with Crippen molar-refractivity contribution in [3.05, 3.63) is 30.0 Å². The molecule has 144 valence electrons. The summed E-state index contributed by atoms with van der Waals surface area (Å²) in [6.45, 7) is 6.07. The number of fused-ring (bicyclic) bond motifs is 1. The molecule has 0 spiro atoms. The molecule has 1 aromatic carbocycles. The van der Waals surface area contributed by atoms with Gasteiger partial charge in [0.1, 0.15) is 17.2 Å². The van der Waals surface area contributed by atoms with Gasteiger partial charge in [-0.25, -0.2) is 8.42 Å². The van der Waals surface area contributed by atoms with Crippen LogP contribution in [0, 0.1) is 6.92 Å². The number of H-pyrrole nitrogens is 1. The molecule has 0 bridgehead atoms. The second kappa shape index (κ2) is 7.07. The lowest BCUT2D eigenvalue weighted by Crippen LogP contribution is -2.13. The van der Waals surface area contributed by atoms with Crippen molar-refractivity contribution in [1.29, 1.82) is 0 Å². The number of ether oxygens (including phenoxy) is 1. The number of sulfone groups is 1. The van der Waals surface area contributed by atoms with Crippen LogP contribution >= 0.6 is 0 Å². The van der Waals surface area contributed by atoms with E-state index in [1.54, 1.807) is 6.07 Å². The molecule has 0 aliphatic rings. The number of rotatable bonds is 6. The summed E-state index contributed by atoms with van der Waals surface area (Å²) in [5, 5.41) is 7.39. The van der Waals surface area contributed by atoms with E-state index in [0.717, 1.165) is 23.0 Å². The summed E-state index contributed by atoms with van der Waals surface area (Å²) < 4.78 is 28.8. The predicted octanol–water partition coefficient (Wildman–Crippen LogP) is 3.24. The second-order valence-corrected chi connectivity index (χ2v) is 8.67. The minimum atomic E-state index is -3.33. The minimum absolute atomic E-state index is 0.184. The highest BCUT2D eigenvalue weighted by Crippen LogP contribution is 2.31. The number of nitrogens with zero attached hydrogens (tertiary/aromatic N) is 2. The molecular weight excluding hydrogens is 366 g/mol. The first kappa shape index (κ1) is 19.0. The van der Waals surface area contributed by atoms with Crippen molar-refractivity contribution in [2.75, 3.05) is 24.0 Å². The zero-order chi connectivity index (χ0) is 19.8. The molecule has 9 heteroatoms. The molecule has 0 saturated carbocycles. The van der Waals surface area contributed by atoms with Gasteiger partial charge in [0.05, 0.1) is 23.1 Å². The summed E-state index contributed by atoms with van der Waals surface area (Å²) in [5.41, 5.74) is 2.33. The predicted molar refractivity (Wildman–Crippen MR) is 107 cm³/mol. The summed E-state index contributed by atoms with van der Waals surface area (Å²) in [4.78, 5) is 12.4. The van der Waals surface area contributed by atoms with Crippen LogP contribution in [0.4, 0.5) is 17.5 Å². The Bertz CT molecular complexity index is 1090. The fourth-order valence-corrected chi connectivity index (χ4v) is 3.38. The quantitative estimate of drug-likeness (QED) is 0.594. The van der Waals surface area contributed by atoms with Crippen LogP contribution in [-0.4, -0.2) is 42.8 Å². The summed E-state index contributed by atoms with van der Waals surface area (Å²) in [6, 6.07) is 4.83. The van der Waals surface area contributed by atoms with Crippen LogP contribution in [0.25, 0.3) is 11.0 Å². The van der Waals surface area contributed by atoms with Gasteiger partial charge >= 0.3 is 0 Å². The molecule has 3 N–H and O–H groups in total. The maximum Gasteiger partial charge on any atom is 0.231 e. The second-order valence-electron chi connectivity index (χ2n) is 6.65. The standard InChI is InChI=1S/C18H23N5O3S/c1-10(2)20-17-15-11(3)9-19-16(15)22-18(23-17)21-13-7-6-12(27(5,24)25)8-14(13)26-4/h6-10H,1-5H3,(H3,19,20,21,22,23). The molecular formula is C18H23N5O3S. The zero-order valence-electron chi connectivity index (χ0n) is 15.9. The molecule has 2 aromatic heterocycles. The fourth-order valence-electron chi connectivity index (χ4n) is 2.75. The van der Waals surface area contributed by atoms with Gasteiger partial charge < -0.3 is 20.4 Å². The molecule has 3 aromatic rings. The van der Waals surface area contributed by atoms with Gasteiger partial charge in [0.15, 0.2) is 9.84 Å². The Kier molecular flexibility index (Phi) is 4.97. The monoisotopic (exact) mass is 389 g/mol. The average Bonchev–Trinajstić information content (AvgIpc) is 2.95. The Morgan fingerprint density at radius 2 is 1.96 bits per heavy atom. The summed E-state index contributed by atoms with van der Waals surface area (Å²) in [7, 11) is -1.84. The molecule has 0 atom stereocenters. The molecule has 2 heterocycles. The lowest BCUT2D eigenvalue weighted by molar-refractivity contribution is 0.415. The van der Waals surface area contributed by atoms with Crippen molar-refractivity contribution in [2.45, 2.75) is 31.7 Å². The van der Waals surface area contributed by atoms with Crippen LogP contribution in [0.5, 0.6) is 5.75 Å². The maximum atomic E-state index is 11.8. The van der Waals surface area contributed by atoms with Gasteiger partial charge in [0.25, 0.3) is 0 Å². The van der Waals surface area contributed by atoms with Crippen LogP contribution in [0.3, 0.4) is 0 Å². The zero-order valence-corrected chi connectivity index (χ0v) is 16.7. The first-order chi connectivity index (χ1) is 12.7. The van der Waals surface area contributed by atoms with E-state index in [1.165, 1.54) is 19.2 Å². The highest BCUT2D eigenvalue weighted by Gasteiger charge is 2.15. The van der Waals surface area contributed by atoms with E-state index < -0.39 is 9.84 Å². The molecule has 27 heavy (non-hydrogen) atoms. The average molecular weight is 389 g/mol. The molecule has 0 aliphatic carbocycles. The summed E-state index contributed by atoms with van der Waals surface area (Å²) in [5.74, 6) is 1.49. The Labute approximate surface area is 158 Å². The molecule has 0 radical (unpaired) electrons. The molecule has 0 unspecified atom stereocenters. The van der Waals surface area contributed by atoms with Crippen LogP contribution in [0.2, 0.25) is 0 Å². The van der Waals surface area contributed by atoms with E-state index in [9.17, 15) is 8.42 Å². The Balaban J connectivity index is 2.04. The Morgan fingerprint density at radius 1 is 1.22 bits per heavy atom. The van der Waals surface area contributed by atoms with Gasteiger partial charge in [0, 0.05) is 24.6 Å². The van der Waals surface area contributed by atoms with Gasteiger partial charge in [-0.15, -0.1) is 0 Å². The molecule has 8 nitrogen and oxygen atoms in total. The van der Waals surface area contributed by atoms with E-state index in [4.69, 9.17) is 4.74 Å². The minimum Gasteiger partial charge on any atom is -0.495 e. The number of aryl methyl sites for hydroxylation is 1. The fraction of sp³-hybridized carbons (Fsp3) is 0.333. The van der Waals surface area contributed by atoms with Crippen LogP contribution in [0.15, 0.2) is 29.3 Å². The molecule has 0 saturated heterocycles. The largest absolute Gasteiger partial charge is 0.495 e. The van der Waals surface area contributed by atoms with Gasteiger partial charge in [0.2, 0.25) is 5.95 Å². The third-order valence-corrected chi connectivity index (χ3v) is 5.11. The first-order valence-electron chi connectivity index (χ1n) is 8.46. The number of benzene rings is 1. The number of aromatic amines is 1. The third kappa shape index (κ3) is 3.97. The van der Waals surface area contributed by atoms with Crippen molar-refractivity contribution >= 4 is 38.3 Å². The van der Waals surface area contributed by atoms with Crippen molar-refractivity contribution in [3.63, 3.8) is 0 Å². The lowest BCUT2D eigenvalue weighted by Gasteiger charge is -2.14. The van der Waals surface area contributed by atoms with Crippen molar-refractivity contribution in [3.8, 4) is 5.75 Å². The summed E-state index contributed by atoms with van der Waals surface area (Å²) in [6.07, 6.45) is 3.04. The number of aromatic nitrogens is 3. The number of nitrogens with one attached hydrogen (secondary N) is 3. The lowest BCUT2D eigenvalue weighted by atomic mass is 10.2. The van der Waals surface area contributed by atoms with Gasteiger partial charge in [-0.2, -0.15) is 9.97 Å². The van der Waals surface area contributed by atoms with Crippen molar-refractivity contribution in [1.82, 2.24) is 15.0 Å². The van der Waals surface area contributed by atoms with Gasteiger partial charge in [-0.05, 0) is 38.5 Å². The number of hydrogen-bond acceptors (Lipinski definition) is 7. The SMILES string of the molecule is COc1cc(S(C)(=O)=O)ccc1Nc1nc(NC(C)C)c2c(C)c[nH]c2n1. The molecule has 0 amide bonds. The van der Waals surface area contributed by atoms with E-state index in [-0.39, 0.29) is 10.9 Å². The molecule has 0 fully saturated rings. The van der Waals surface area contributed by atoms with E-state index >= 15 is 0 Å². The van der Waals surface area contributed by atoms with E-state index in [0.29, 0.717) is 23.0 Å². The Morgan fingerprint density at radius 3 is 2.59 bits per heavy atom. The van der Waals surface area contributed by atoms with Gasteiger partial charge in [-0.1, -0.05) is 0 Å². The molecule has 3 rings (SSSR count). The van der Waals surface area contributed by atoms with E-state index in [2.05, 4.69) is 25.6 Å². The highest BCUT2D eigenvalue weighted by molar-refractivity contribution is 7.90.